The maximum Gasteiger partial charge on any atom is 0.376 e. The third-order valence-corrected chi connectivity index (χ3v) is 3.66. The molecule has 0 saturated carbocycles. The van der Waals surface area contributed by atoms with E-state index in [0.29, 0.717) is 11.6 Å². The van der Waals surface area contributed by atoms with Crippen LogP contribution in [0.2, 0.25) is 0 Å². The number of hydrogen-bond donors (Lipinski definition) is 0. The smallest absolute Gasteiger partial charge is 0.376 e. The molecule has 0 amide bonds. The Morgan fingerprint density at radius 2 is 2.10 bits per heavy atom. The van der Waals surface area contributed by atoms with E-state index in [0.717, 1.165) is 14.5 Å². The number of esters is 1. The molecule has 0 N–H and O–H groups in total. The van der Waals surface area contributed by atoms with Gasteiger partial charge < -0.3 is 13.9 Å². The summed E-state index contributed by atoms with van der Waals surface area (Å²) < 4.78 is 16.9. The first-order valence-corrected chi connectivity index (χ1v) is 7.17. The van der Waals surface area contributed by atoms with Gasteiger partial charge >= 0.3 is 5.97 Å². The van der Waals surface area contributed by atoms with Crippen LogP contribution in [0, 0.1) is 0 Å². The van der Waals surface area contributed by atoms with E-state index in [1.54, 1.807) is 0 Å². The summed E-state index contributed by atoms with van der Waals surface area (Å²) >= 11 is 6.81. The predicted molar refractivity (Wildman–Crippen MR) is 79.4 cm³/mol. The molecule has 0 atom stereocenters. The molecule has 0 spiro atoms. The second-order valence-corrected chi connectivity index (χ2v) is 5.61. The second-order valence-electron chi connectivity index (χ2n) is 3.84. The third kappa shape index (κ3) is 3.11. The molecule has 7 heteroatoms. The number of benzene rings is 1. The first-order chi connectivity index (χ1) is 9.56. The summed E-state index contributed by atoms with van der Waals surface area (Å²) in [5.74, 6) is -0.194. The van der Waals surface area contributed by atoms with Gasteiger partial charge in [0, 0.05) is 16.1 Å². The predicted octanol–water partition coefficient (Wildman–Crippen LogP) is 3.80. The van der Waals surface area contributed by atoms with Crippen LogP contribution in [0.5, 0.6) is 0 Å². The van der Waals surface area contributed by atoms with E-state index in [-0.39, 0.29) is 12.4 Å². The lowest BCUT2D eigenvalue weighted by molar-refractivity contribution is 0.0559. The van der Waals surface area contributed by atoms with Crippen LogP contribution in [0.15, 0.2) is 31.6 Å². The largest absolute Gasteiger partial charge is 0.463 e. The first kappa shape index (κ1) is 15.2. The number of carbonyl (C=O) groups excluding carboxylic acids is 1. The molecular weight excluding hydrogens is 394 g/mol. The summed E-state index contributed by atoms with van der Waals surface area (Å²) in [5, 5.41) is 0. The number of carbonyl (C=O) groups is 1. The van der Waals surface area contributed by atoms with Crippen LogP contribution in [0.4, 0.5) is 0 Å². The molecule has 20 heavy (non-hydrogen) atoms. The van der Waals surface area contributed by atoms with Gasteiger partial charge in [-0.25, -0.2) is 9.78 Å². The van der Waals surface area contributed by atoms with E-state index >= 15 is 0 Å². The Morgan fingerprint density at radius 1 is 1.35 bits per heavy atom. The van der Waals surface area contributed by atoms with Crippen molar-refractivity contribution in [2.45, 2.75) is 6.61 Å². The summed E-state index contributed by atoms with van der Waals surface area (Å²) in [7, 11) is 2.81. The zero-order valence-corrected chi connectivity index (χ0v) is 13.9. The number of methoxy groups -OCH3 is 2. The Kier molecular flexibility index (Phi) is 4.95. The Labute approximate surface area is 132 Å². The van der Waals surface area contributed by atoms with E-state index in [1.165, 1.54) is 14.2 Å². The van der Waals surface area contributed by atoms with Gasteiger partial charge in [0.05, 0.1) is 19.3 Å². The van der Waals surface area contributed by atoms with Crippen LogP contribution in [0.1, 0.15) is 16.2 Å². The minimum absolute atomic E-state index is 0.0548. The molecule has 106 valence electrons. The molecule has 1 aromatic heterocycles. The molecule has 1 aromatic carbocycles. The number of ether oxygens (including phenoxy) is 2. The Hall–Kier alpha value is -1.18. The van der Waals surface area contributed by atoms with Crippen molar-refractivity contribution < 1.29 is 18.7 Å². The van der Waals surface area contributed by atoms with Crippen LogP contribution in [-0.4, -0.2) is 25.2 Å². The molecule has 0 aliphatic heterocycles. The topological polar surface area (TPSA) is 61.6 Å². The van der Waals surface area contributed by atoms with Crippen molar-refractivity contribution in [3.63, 3.8) is 0 Å². The first-order valence-electron chi connectivity index (χ1n) is 5.59. The van der Waals surface area contributed by atoms with Crippen molar-refractivity contribution in [3.8, 4) is 11.5 Å². The minimum Gasteiger partial charge on any atom is -0.463 e. The maximum atomic E-state index is 11.7. The fourth-order valence-corrected chi connectivity index (χ4v) is 2.83. The van der Waals surface area contributed by atoms with E-state index in [4.69, 9.17) is 9.15 Å². The standard InChI is InChI=1S/C13H11Br2NO4/c1-18-6-10-11(13(17)19-2)20-12(16-10)8-4-3-7(14)5-9(8)15/h3-5H,6H2,1-2H3. The lowest BCUT2D eigenvalue weighted by Crippen LogP contribution is -2.04. The summed E-state index contributed by atoms with van der Waals surface area (Å²) in [6, 6.07) is 5.56. The number of halogens is 2. The van der Waals surface area contributed by atoms with Crippen molar-refractivity contribution in [2.24, 2.45) is 0 Å². The zero-order valence-electron chi connectivity index (χ0n) is 10.8. The molecule has 2 rings (SSSR count). The molecule has 0 unspecified atom stereocenters. The molecule has 0 bridgehead atoms. The molecule has 0 aliphatic carbocycles. The highest BCUT2D eigenvalue weighted by Gasteiger charge is 2.22. The molecule has 0 aliphatic rings. The number of oxazole rings is 1. The lowest BCUT2D eigenvalue weighted by atomic mass is 10.2. The third-order valence-electron chi connectivity index (χ3n) is 2.51. The van der Waals surface area contributed by atoms with Crippen molar-refractivity contribution in [1.29, 1.82) is 0 Å². The highest BCUT2D eigenvalue weighted by molar-refractivity contribution is 9.11. The fourth-order valence-electron chi connectivity index (χ4n) is 1.62. The van der Waals surface area contributed by atoms with E-state index in [1.807, 2.05) is 18.2 Å². The number of aromatic nitrogens is 1. The lowest BCUT2D eigenvalue weighted by Gasteiger charge is -2.00. The molecule has 0 radical (unpaired) electrons. The minimum atomic E-state index is -0.580. The normalized spacial score (nSPS) is 10.6. The quantitative estimate of drug-likeness (QED) is 0.725. The number of rotatable bonds is 4. The summed E-state index contributed by atoms with van der Waals surface area (Å²) in [5.41, 5.74) is 1.14. The second kappa shape index (κ2) is 6.51. The van der Waals surface area contributed by atoms with Gasteiger partial charge in [-0.2, -0.15) is 0 Å². The van der Waals surface area contributed by atoms with Crippen LogP contribution < -0.4 is 0 Å². The Balaban J connectivity index is 2.49. The van der Waals surface area contributed by atoms with Gasteiger partial charge in [-0.1, -0.05) is 15.9 Å². The molecule has 0 fully saturated rings. The SMILES string of the molecule is COCc1nc(-c2ccc(Br)cc2Br)oc1C(=O)OC. The van der Waals surface area contributed by atoms with Crippen LogP contribution in [0.3, 0.4) is 0 Å². The average Bonchev–Trinajstić information content (AvgIpc) is 2.82. The Morgan fingerprint density at radius 3 is 2.70 bits per heavy atom. The van der Waals surface area contributed by atoms with Gasteiger partial charge in [0.15, 0.2) is 0 Å². The molecule has 0 saturated heterocycles. The summed E-state index contributed by atoms with van der Waals surface area (Å²) in [6.07, 6.45) is 0. The van der Waals surface area contributed by atoms with Gasteiger partial charge in [-0.15, -0.1) is 0 Å². The van der Waals surface area contributed by atoms with Crippen LogP contribution in [0.25, 0.3) is 11.5 Å². The molecular formula is C13H11Br2NO4. The summed E-state index contributed by atoms with van der Waals surface area (Å²) in [4.78, 5) is 16.0. The fraction of sp³-hybridized carbons (Fsp3) is 0.231. The number of nitrogens with zero attached hydrogens (tertiary/aromatic N) is 1. The summed E-state index contributed by atoms with van der Waals surface area (Å²) in [6.45, 7) is 0.169. The average molecular weight is 405 g/mol. The van der Waals surface area contributed by atoms with Crippen molar-refractivity contribution in [1.82, 2.24) is 4.98 Å². The van der Waals surface area contributed by atoms with Crippen molar-refractivity contribution >= 4 is 37.8 Å². The zero-order chi connectivity index (χ0) is 14.7. The monoisotopic (exact) mass is 403 g/mol. The highest BCUT2D eigenvalue weighted by Crippen LogP contribution is 2.31. The van der Waals surface area contributed by atoms with Gasteiger partial charge in [0.2, 0.25) is 11.7 Å². The molecule has 5 nitrogen and oxygen atoms in total. The maximum absolute atomic E-state index is 11.7. The van der Waals surface area contributed by atoms with Gasteiger partial charge in [-0.3, -0.25) is 0 Å². The van der Waals surface area contributed by atoms with E-state index in [9.17, 15) is 4.79 Å². The van der Waals surface area contributed by atoms with Crippen LogP contribution in [-0.2, 0) is 16.1 Å². The van der Waals surface area contributed by atoms with Gasteiger partial charge in [-0.05, 0) is 34.1 Å². The number of hydrogen-bond acceptors (Lipinski definition) is 5. The van der Waals surface area contributed by atoms with Crippen molar-refractivity contribution in [2.75, 3.05) is 14.2 Å². The van der Waals surface area contributed by atoms with Gasteiger partial charge in [0.25, 0.3) is 0 Å². The molecule has 2 aromatic rings. The van der Waals surface area contributed by atoms with Gasteiger partial charge in [0.1, 0.15) is 5.69 Å². The van der Waals surface area contributed by atoms with Crippen molar-refractivity contribution in [3.05, 3.63) is 38.6 Å². The van der Waals surface area contributed by atoms with Crippen LogP contribution >= 0.6 is 31.9 Å². The van der Waals surface area contributed by atoms with E-state index < -0.39 is 5.97 Å². The Bertz CT molecular complexity index is 639. The van der Waals surface area contributed by atoms with E-state index in [2.05, 4.69) is 41.6 Å². The molecule has 1 heterocycles. The highest BCUT2D eigenvalue weighted by atomic mass is 79.9.